The molecule has 0 atom stereocenters. The van der Waals surface area contributed by atoms with E-state index in [0.717, 1.165) is 0 Å². The molecule has 0 aromatic carbocycles. The molecule has 0 bridgehead atoms. The van der Waals surface area contributed by atoms with Crippen molar-refractivity contribution in [3.8, 4) is 0 Å². The van der Waals surface area contributed by atoms with E-state index in [2.05, 4.69) is 4.72 Å². The topological polar surface area (TPSA) is 117 Å². The molecule has 0 aliphatic heterocycles. The van der Waals surface area contributed by atoms with Crippen LogP contribution in [0, 0.1) is 19.3 Å². The number of aliphatic hydroxyl groups excluding tert-OH is 1. The summed E-state index contributed by atoms with van der Waals surface area (Å²) in [5.74, 6) is -1.30. The molecular weight excluding hydrogens is 286 g/mol. The van der Waals surface area contributed by atoms with Crippen LogP contribution in [0.5, 0.6) is 0 Å². The van der Waals surface area contributed by atoms with Gasteiger partial charge in [0, 0.05) is 18.6 Å². The smallest absolute Gasteiger partial charge is 0.340 e. The minimum Gasteiger partial charge on any atom is -0.478 e. The Balaban J connectivity index is 3.20. The Kier molecular flexibility index (Phi) is 4.62. The normalized spacial score (nSPS) is 12.7. The molecule has 0 aliphatic rings. The Morgan fingerprint density at radius 2 is 1.85 bits per heavy atom. The van der Waals surface area contributed by atoms with Crippen LogP contribution < -0.4 is 4.72 Å². The fourth-order valence-electron chi connectivity index (χ4n) is 1.65. The molecule has 1 heterocycles. The van der Waals surface area contributed by atoms with E-state index in [-0.39, 0.29) is 35.1 Å². The van der Waals surface area contributed by atoms with Gasteiger partial charge in [0.2, 0.25) is 10.0 Å². The monoisotopic (exact) mass is 305 g/mol. The van der Waals surface area contributed by atoms with Crippen LogP contribution in [0.25, 0.3) is 0 Å². The van der Waals surface area contributed by atoms with Gasteiger partial charge in [0.05, 0.1) is 0 Å². The summed E-state index contributed by atoms with van der Waals surface area (Å²) >= 11 is 0. The summed E-state index contributed by atoms with van der Waals surface area (Å²) in [6.45, 7) is 5.93. The second kappa shape index (κ2) is 5.55. The average molecular weight is 305 g/mol. The zero-order valence-corrected chi connectivity index (χ0v) is 12.7. The molecule has 0 radical (unpaired) electrons. The highest BCUT2D eigenvalue weighted by Gasteiger charge is 2.31. The van der Waals surface area contributed by atoms with Crippen molar-refractivity contribution in [2.45, 2.75) is 32.6 Å². The van der Waals surface area contributed by atoms with E-state index in [1.165, 1.54) is 13.8 Å². The first kappa shape index (κ1) is 16.7. The Hall–Kier alpha value is -1.38. The van der Waals surface area contributed by atoms with Gasteiger partial charge >= 0.3 is 5.97 Å². The largest absolute Gasteiger partial charge is 0.478 e. The molecule has 0 aliphatic carbocycles. The fourth-order valence-corrected chi connectivity index (χ4v) is 3.30. The van der Waals surface area contributed by atoms with Gasteiger partial charge in [-0.15, -0.1) is 0 Å². The highest BCUT2D eigenvalue weighted by atomic mass is 32.2. The maximum absolute atomic E-state index is 12.2. The first-order chi connectivity index (χ1) is 9.02. The van der Waals surface area contributed by atoms with Crippen molar-refractivity contribution in [2.24, 2.45) is 5.41 Å². The number of sulfonamides is 1. The van der Waals surface area contributed by atoms with E-state index in [1.807, 2.05) is 0 Å². The highest BCUT2D eigenvalue weighted by molar-refractivity contribution is 7.89. The number of hydrogen-bond acceptors (Lipinski definition) is 5. The third-order valence-electron chi connectivity index (χ3n) is 2.86. The van der Waals surface area contributed by atoms with E-state index >= 15 is 0 Å². The zero-order valence-electron chi connectivity index (χ0n) is 11.8. The van der Waals surface area contributed by atoms with Crippen molar-refractivity contribution >= 4 is 16.0 Å². The van der Waals surface area contributed by atoms with Gasteiger partial charge in [-0.2, -0.15) is 0 Å². The molecule has 1 aromatic heterocycles. The Bertz CT molecular complexity index is 614. The fraction of sp³-hybridized carbons (Fsp3) is 0.583. The van der Waals surface area contributed by atoms with Gasteiger partial charge in [-0.05, 0) is 13.8 Å². The summed E-state index contributed by atoms with van der Waals surface area (Å²) in [6.07, 6.45) is 0. The molecular formula is C12H19NO6S. The van der Waals surface area contributed by atoms with Gasteiger partial charge in [0.15, 0.2) is 0 Å². The van der Waals surface area contributed by atoms with Crippen LogP contribution in [-0.4, -0.2) is 37.8 Å². The Labute approximate surface area is 117 Å². The van der Waals surface area contributed by atoms with Gasteiger partial charge in [-0.1, -0.05) is 13.8 Å². The molecule has 0 spiro atoms. The molecule has 0 amide bonds. The van der Waals surface area contributed by atoms with Crippen molar-refractivity contribution < 1.29 is 27.8 Å². The summed E-state index contributed by atoms with van der Waals surface area (Å²) in [6, 6.07) is 0. The van der Waals surface area contributed by atoms with Gasteiger partial charge < -0.3 is 14.6 Å². The number of nitrogens with one attached hydrogen (secondary N) is 1. The van der Waals surface area contributed by atoms with Crippen LogP contribution in [0.1, 0.15) is 35.7 Å². The molecule has 0 fully saturated rings. The van der Waals surface area contributed by atoms with Crippen molar-refractivity contribution in [2.75, 3.05) is 13.2 Å². The van der Waals surface area contributed by atoms with E-state index in [1.54, 1.807) is 13.8 Å². The molecule has 1 aromatic rings. The number of aliphatic hydroxyl groups is 1. The summed E-state index contributed by atoms with van der Waals surface area (Å²) in [5, 5.41) is 18.2. The molecule has 0 saturated heterocycles. The van der Waals surface area contributed by atoms with Crippen molar-refractivity contribution in [3.05, 3.63) is 17.1 Å². The zero-order chi connectivity index (χ0) is 15.7. The second-order valence-electron chi connectivity index (χ2n) is 5.37. The average Bonchev–Trinajstić information content (AvgIpc) is 2.63. The van der Waals surface area contributed by atoms with Crippen molar-refractivity contribution in [1.29, 1.82) is 0 Å². The molecule has 114 valence electrons. The summed E-state index contributed by atoms with van der Waals surface area (Å²) < 4.78 is 31.9. The third kappa shape index (κ3) is 3.38. The standard InChI is InChI=1S/C12H19NO6S/c1-7-9(11(15)16)10(8(2)19-7)20(17,18)13-5-12(3,4)6-14/h13-14H,5-6H2,1-4H3,(H,15,16). The molecule has 8 heteroatoms. The number of aromatic carboxylic acids is 1. The van der Waals surface area contributed by atoms with E-state index < -0.39 is 21.4 Å². The maximum Gasteiger partial charge on any atom is 0.340 e. The lowest BCUT2D eigenvalue weighted by Gasteiger charge is -2.21. The SMILES string of the molecule is Cc1oc(C)c(S(=O)(=O)NCC(C)(C)CO)c1C(=O)O. The second-order valence-corrected chi connectivity index (χ2v) is 7.07. The summed E-state index contributed by atoms with van der Waals surface area (Å²) in [4.78, 5) is 10.8. The number of hydrogen-bond donors (Lipinski definition) is 3. The number of carbonyl (C=O) groups is 1. The number of aryl methyl sites for hydroxylation is 2. The van der Waals surface area contributed by atoms with Crippen LogP contribution in [0.3, 0.4) is 0 Å². The van der Waals surface area contributed by atoms with Gasteiger partial charge in [-0.25, -0.2) is 17.9 Å². The molecule has 20 heavy (non-hydrogen) atoms. The van der Waals surface area contributed by atoms with E-state index in [0.29, 0.717) is 0 Å². The van der Waals surface area contributed by atoms with Crippen molar-refractivity contribution in [1.82, 2.24) is 4.72 Å². The minimum atomic E-state index is -4.02. The lowest BCUT2D eigenvalue weighted by atomic mass is 9.96. The molecule has 0 saturated carbocycles. The third-order valence-corrected chi connectivity index (χ3v) is 4.41. The van der Waals surface area contributed by atoms with Crippen LogP contribution in [0.15, 0.2) is 9.31 Å². The molecule has 3 N–H and O–H groups in total. The predicted octanol–water partition coefficient (Wildman–Crippen LogP) is 0.891. The molecule has 0 unspecified atom stereocenters. The van der Waals surface area contributed by atoms with Gasteiger partial charge in [0.1, 0.15) is 22.0 Å². The van der Waals surface area contributed by atoms with E-state index in [4.69, 9.17) is 14.6 Å². The molecule has 7 nitrogen and oxygen atoms in total. The Morgan fingerprint density at radius 3 is 2.30 bits per heavy atom. The van der Waals surface area contributed by atoms with Gasteiger partial charge in [0.25, 0.3) is 0 Å². The van der Waals surface area contributed by atoms with Crippen LogP contribution in [-0.2, 0) is 10.0 Å². The molecule has 1 rings (SSSR count). The number of carboxylic acid groups (broad SMARTS) is 1. The summed E-state index contributed by atoms with van der Waals surface area (Å²) in [5.41, 5.74) is -1.01. The van der Waals surface area contributed by atoms with E-state index in [9.17, 15) is 13.2 Å². The number of carboxylic acids is 1. The first-order valence-electron chi connectivity index (χ1n) is 5.95. The first-order valence-corrected chi connectivity index (χ1v) is 7.44. The predicted molar refractivity (Wildman–Crippen MR) is 71.2 cm³/mol. The maximum atomic E-state index is 12.2. The summed E-state index contributed by atoms with van der Waals surface area (Å²) in [7, 11) is -4.02. The number of rotatable bonds is 6. The van der Waals surface area contributed by atoms with Crippen LogP contribution >= 0.6 is 0 Å². The lowest BCUT2D eigenvalue weighted by molar-refractivity contribution is 0.0691. The highest BCUT2D eigenvalue weighted by Crippen LogP contribution is 2.27. The van der Waals surface area contributed by atoms with Crippen molar-refractivity contribution in [3.63, 3.8) is 0 Å². The number of furan rings is 1. The van der Waals surface area contributed by atoms with Crippen LogP contribution in [0.2, 0.25) is 0 Å². The van der Waals surface area contributed by atoms with Crippen LogP contribution in [0.4, 0.5) is 0 Å². The Morgan fingerprint density at radius 1 is 1.30 bits per heavy atom. The van der Waals surface area contributed by atoms with Gasteiger partial charge in [-0.3, -0.25) is 0 Å². The minimum absolute atomic E-state index is 0.0193. The quantitative estimate of drug-likeness (QED) is 0.718. The lowest BCUT2D eigenvalue weighted by Crippen LogP contribution is -2.36.